The molecule has 0 aliphatic carbocycles. The third kappa shape index (κ3) is 19.5. The molecule has 18 heavy (non-hydrogen) atoms. The van der Waals surface area contributed by atoms with Gasteiger partial charge in [0.1, 0.15) is 0 Å². The van der Waals surface area contributed by atoms with Crippen molar-refractivity contribution in [3.8, 4) is 0 Å². The van der Waals surface area contributed by atoms with E-state index in [0.717, 1.165) is 30.7 Å². The molecule has 0 radical (unpaired) electrons. The average molecular weight is 258 g/mol. The summed E-state index contributed by atoms with van der Waals surface area (Å²) < 4.78 is 4.70. The Hall–Kier alpha value is -2.11. The number of esters is 1. The Kier molecular flexibility index (Phi) is 13.1. The second-order valence-electron chi connectivity index (χ2n) is 2.97. The van der Waals surface area contributed by atoms with Gasteiger partial charge in [0, 0.05) is 18.6 Å². The molecular formula is C12H18O6. The zero-order valence-corrected chi connectivity index (χ0v) is 10.5. The summed E-state index contributed by atoms with van der Waals surface area (Å²) in [5, 5.41) is 16.0. The molecule has 0 aliphatic heterocycles. The maximum atomic E-state index is 10.3. The van der Waals surface area contributed by atoms with Crippen molar-refractivity contribution in [3.05, 3.63) is 24.3 Å². The minimum atomic E-state index is -1.10. The van der Waals surface area contributed by atoms with Crippen LogP contribution in [0.2, 0.25) is 0 Å². The fourth-order valence-electron chi connectivity index (χ4n) is 0.594. The van der Waals surface area contributed by atoms with Gasteiger partial charge in [0.2, 0.25) is 0 Å². The quantitative estimate of drug-likeness (QED) is 0.426. The molecule has 2 N–H and O–H groups in total. The molecule has 0 atom stereocenters. The molecule has 0 saturated heterocycles. The van der Waals surface area contributed by atoms with Crippen LogP contribution in [-0.4, -0.2) is 34.7 Å². The Morgan fingerprint density at radius 2 is 1.44 bits per heavy atom. The van der Waals surface area contributed by atoms with E-state index in [0.29, 0.717) is 13.0 Å². The van der Waals surface area contributed by atoms with Crippen molar-refractivity contribution in [2.45, 2.75) is 26.7 Å². The van der Waals surface area contributed by atoms with Crippen molar-refractivity contribution in [2.24, 2.45) is 0 Å². The first-order chi connectivity index (χ1) is 8.43. The van der Waals surface area contributed by atoms with E-state index in [2.05, 4.69) is 0 Å². The van der Waals surface area contributed by atoms with Gasteiger partial charge in [-0.2, -0.15) is 0 Å². The van der Waals surface area contributed by atoms with Crippen molar-refractivity contribution < 1.29 is 29.3 Å². The number of aliphatic carboxylic acids is 2. The van der Waals surface area contributed by atoms with E-state index in [1.54, 1.807) is 6.92 Å². The second kappa shape index (κ2) is 13.0. The maximum Gasteiger partial charge on any atom is 0.328 e. The fraction of sp³-hybridized carbons (Fsp3) is 0.417. The highest BCUT2D eigenvalue weighted by Crippen LogP contribution is 1.85. The fourth-order valence-corrected chi connectivity index (χ4v) is 0.594. The zero-order valence-electron chi connectivity index (χ0n) is 10.5. The third-order valence-electron chi connectivity index (χ3n) is 1.34. The Morgan fingerprint density at radius 1 is 1.00 bits per heavy atom. The lowest BCUT2D eigenvalue weighted by atomic mass is 10.4. The summed E-state index contributed by atoms with van der Waals surface area (Å²) >= 11 is 0. The van der Waals surface area contributed by atoms with Crippen LogP contribution in [0.5, 0.6) is 0 Å². The zero-order chi connectivity index (χ0) is 14.4. The molecule has 0 aromatic heterocycles. The highest BCUT2D eigenvalue weighted by atomic mass is 16.5. The van der Waals surface area contributed by atoms with Gasteiger partial charge in [-0.05, 0) is 6.42 Å². The monoisotopic (exact) mass is 258 g/mol. The summed E-state index contributed by atoms with van der Waals surface area (Å²) in [7, 11) is 0. The summed E-state index contributed by atoms with van der Waals surface area (Å²) in [5.74, 6) is -2.31. The van der Waals surface area contributed by atoms with Gasteiger partial charge in [-0.3, -0.25) is 4.79 Å². The van der Waals surface area contributed by atoms with Crippen LogP contribution < -0.4 is 0 Å². The number of carboxylic acids is 2. The number of hydrogen-bond donors (Lipinski definition) is 2. The van der Waals surface area contributed by atoms with E-state index in [4.69, 9.17) is 14.9 Å². The van der Waals surface area contributed by atoms with Crippen molar-refractivity contribution in [3.63, 3.8) is 0 Å². The van der Waals surface area contributed by atoms with Gasteiger partial charge in [0.15, 0.2) is 0 Å². The van der Waals surface area contributed by atoms with Crippen LogP contribution in [-0.2, 0) is 19.1 Å². The van der Waals surface area contributed by atoms with Crippen LogP contribution in [0.1, 0.15) is 26.7 Å². The topological polar surface area (TPSA) is 101 Å². The number of carbonyl (C=O) groups excluding carboxylic acids is 1. The normalized spacial score (nSPS) is 9.89. The van der Waals surface area contributed by atoms with Gasteiger partial charge in [0.05, 0.1) is 6.61 Å². The lowest BCUT2D eigenvalue weighted by Gasteiger charge is -1.97. The summed E-state index contributed by atoms with van der Waals surface area (Å²) in [6.07, 6.45) is 5.36. The molecule has 6 heteroatoms. The Balaban J connectivity index is 0. The first-order valence-electron chi connectivity index (χ1n) is 5.40. The molecule has 0 heterocycles. The maximum absolute atomic E-state index is 10.3. The van der Waals surface area contributed by atoms with Crippen molar-refractivity contribution in [2.75, 3.05) is 6.61 Å². The summed E-state index contributed by atoms with van der Waals surface area (Å²) in [6, 6.07) is 0. The van der Waals surface area contributed by atoms with Crippen molar-refractivity contribution in [1.29, 1.82) is 0 Å². The minimum absolute atomic E-state index is 0.105. The molecule has 0 aromatic carbocycles. The predicted molar refractivity (Wildman–Crippen MR) is 65.1 cm³/mol. The van der Waals surface area contributed by atoms with Gasteiger partial charge in [0.25, 0.3) is 0 Å². The SMILES string of the molecule is CCCOC(=O)CC.O=C(O)C=CC=CC(=O)O. The number of carboxylic acid groups (broad SMARTS) is 2. The van der Waals surface area contributed by atoms with Gasteiger partial charge in [-0.1, -0.05) is 26.0 Å². The van der Waals surface area contributed by atoms with Gasteiger partial charge in [-0.25, -0.2) is 9.59 Å². The first-order valence-corrected chi connectivity index (χ1v) is 5.40. The number of rotatable bonds is 6. The van der Waals surface area contributed by atoms with Gasteiger partial charge < -0.3 is 14.9 Å². The molecule has 0 saturated carbocycles. The average Bonchev–Trinajstić information content (AvgIpc) is 2.32. The lowest BCUT2D eigenvalue weighted by molar-refractivity contribution is -0.143. The standard InChI is InChI=1S/C6H6O4.C6H12O2/c7-5(8)3-1-2-4-6(9)10;1-3-5-8-6(7)4-2/h1-4H,(H,7,8)(H,9,10);3-5H2,1-2H3. The van der Waals surface area contributed by atoms with Gasteiger partial charge in [-0.15, -0.1) is 0 Å². The molecule has 0 amide bonds. The van der Waals surface area contributed by atoms with Crippen LogP contribution in [0.25, 0.3) is 0 Å². The third-order valence-corrected chi connectivity index (χ3v) is 1.34. The van der Waals surface area contributed by atoms with E-state index < -0.39 is 11.9 Å². The lowest BCUT2D eigenvalue weighted by Crippen LogP contribution is -2.02. The number of carbonyl (C=O) groups is 3. The molecule has 6 nitrogen and oxygen atoms in total. The van der Waals surface area contributed by atoms with E-state index in [1.165, 1.54) is 0 Å². The van der Waals surface area contributed by atoms with E-state index >= 15 is 0 Å². The summed E-state index contributed by atoms with van der Waals surface area (Å²) in [4.78, 5) is 29.9. The van der Waals surface area contributed by atoms with Crippen LogP contribution in [0, 0.1) is 0 Å². The largest absolute Gasteiger partial charge is 0.478 e. The number of allylic oxidation sites excluding steroid dienone is 2. The number of hydrogen-bond acceptors (Lipinski definition) is 4. The Morgan fingerprint density at radius 3 is 1.72 bits per heavy atom. The van der Waals surface area contributed by atoms with E-state index in [9.17, 15) is 14.4 Å². The van der Waals surface area contributed by atoms with E-state index in [1.807, 2.05) is 6.92 Å². The highest BCUT2D eigenvalue weighted by Gasteiger charge is 1.93. The minimum Gasteiger partial charge on any atom is -0.478 e. The molecular weight excluding hydrogens is 240 g/mol. The molecule has 0 spiro atoms. The van der Waals surface area contributed by atoms with Crippen molar-refractivity contribution in [1.82, 2.24) is 0 Å². The number of ether oxygens (including phenoxy) is 1. The Bertz CT molecular complexity index is 295. The smallest absolute Gasteiger partial charge is 0.328 e. The molecule has 0 unspecified atom stereocenters. The van der Waals surface area contributed by atoms with Gasteiger partial charge >= 0.3 is 17.9 Å². The van der Waals surface area contributed by atoms with Crippen LogP contribution in [0.15, 0.2) is 24.3 Å². The van der Waals surface area contributed by atoms with Crippen molar-refractivity contribution >= 4 is 17.9 Å². The van der Waals surface area contributed by atoms with Crippen LogP contribution in [0.4, 0.5) is 0 Å². The Labute approximate surface area is 106 Å². The highest BCUT2D eigenvalue weighted by molar-refractivity contribution is 5.82. The molecule has 0 bridgehead atoms. The molecule has 0 fully saturated rings. The van der Waals surface area contributed by atoms with Crippen LogP contribution >= 0.6 is 0 Å². The first kappa shape index (κ1) is 18.3. The molecule has 0 aliphatic rings. The molecule has 0 aromatic rings. The second-order valence-corrected chi connectivity index (χ2v) is 2.97. The summed E-state index contributed by atoms with van der Waals surface area (Å²) in [6.45, 7) is 4.33. The predicted octanol–water partition coefficient (Wildman–Crippen LogP) is 1.62. The van der Waals surface area contributed by atoms with E-state index in [-0.39, 0.29) is 5.97 Å². The molecule has 0 rings (SSSR count). The summed E-state index contributed by atoms with van der Waals surface area (Å²) in [5.41, 5.74) is 0. The molecule has 102 valence electrons. The van der Waals surface area contributed by atoms with Crippen LogP contribution in [0.3, 0.4) is 0 Å².